The number of phenols is 1. The normalized spacial score (nSPS) is 17.4. The number of phenolic OH excluding ortho intramolecular Hbond substituents is 1. The number of rotatable bonds is 4. The van der Waals surface area contributed by atoms with Gasteiger partial charge in [0.15, 0.2) is 0 Å². The molecule has 0 aliphatic heterocycles. The van der Waals surface area contributed by atoms with Gasteiger partial charge in [-0.05, 0) is 43.0 Å². The van der Waals surface area contributed by atoms with Gasteiger partial charge in [0.2, 0.25) is 0 Å². The highest BCUT2D eigenvalue weighted by molar-refractivity contribution is 7.80. The van der Waals surface area contributed by atoms with E-state index in [1.54, 1.807) is 12.1 Å². The van der Waals surface area contributed by atoms with Gasteiger partial charge in [-0.25, -0.2) is 0 Å². The van der Waals surface area contributed by atoms with Gasteiger partial charge in [0.1, 0.15) is 5.75 Å². The second-order valence-electron chi connectivity index (χ2n) is 5.30. The van der Waals surface area contributed by atoms with Crippen LogP contribution in [0.3, 0.4) is 0 Å². The maximum atomic E-state index is 12.2. The fourth-order valence-corrected chi connectivity index (χ4v) is 2.98. The van der Waals surface area contributed by atoms with Crippen molar-refractivity contribution < 1.29 is 9.90 Å². The van der Waals surface area contributed by atoms with Crippen LogP contribution in [0.25, 0.3) is 0 Å². The van der Waals surface area contributed by atoms with Gasteiger partial charge >= 0.3 is 0 Å². The first-order valence-corrected chi connectivity index (χ1v) is 7.38. The van der Waals surface area contributed by atoms with Crippen LogP contribution in [0.1, 0.15) is 42.5 Å². The number of hydrogen-bond acceptors (Lipinski definition) is 3. The summed E-state index contributed by atoms with van der Waals surface area (Å²) in [7, 11) is 0. The molecule has 1 aromatic rings. The maximum Gasteiger partial charge on any atom is 0.251 e. The molecule has 1 aliphatic carbocycles. The smallest absolute Gasteiger partial charge is 0.251 e. The maximum absolute atomic E-state index is 12.2. The van der Waals surface area contributed by atoms with Gasteiger partial charge in [0, 0.05) is 5.56 Å². The summed E-state index contributed by atoms with van der Waals surface area (Å²) in [5.41, 5.74) is 6.29. The Morgan fingerprint density at radius 3 is 2.40 bits per heavy atom. The van der Waals surface area contributed by atoms with Gasteiger partial charge in [-0.1, -0.05) is 31.5 Å². The molecule has 0 saturated heterocycles. The molecule has 1 saturated carbocycles. The number of carbonyl (C=O) groups is 1. The molecular formula is C15H20N2O2S. The first kappa shape index (κ1) is 14.8. The number of aromatic hydroxyl groups is 1. The standard InChI is InChI=1S/C15H20N2O2S/c16-14(20)13(10-4-2-1-3-5-10)17-15(19)11-6-8-12(18)9-7-11/h6-10,13,18H,1-5H2,(H2,16,20)(H,17,19). The molecule has 1 unspecified atom stereocenters. The molecule has 1 aromatic carbocycles. The summed E-state index contributed by atoms with van der Waals surface area (Å²) in [5, 5.41) is 12.2. The lowest BCUT2D eigenvalue weighted by molar-refractivity contribution is 0.0932. The van der Waals surface area contributed by atoms with E-state index in [0.717, 1.165) is 12.8 Å². The van der Waals surface area contributed by atoms with Crippen molar-refractivity contribution in [2.24, 2.45) is 11.7 Å². The third-order valence-corrected chi connectivity index (χ3v) is 4.10. The topological polar surface area (TPSA) is 75.3 Å². The van der Waals surface area contributed by atoms with Crippen LogP contribution >= 0.6 is 12.2 Å². The van der Waals surface area contributed by atoms with Gasteiger partial charge in [0.25, 0.3) is 5.91 Å². The highest BCUT2D eigenvalue weighted by Gasteiger charge is 2.27. The van der Waals surface area contributed by atoms with Crippen LogP contribution in [0.2, 0.25) is 0 Å². The van der Waals surface area contributed by atoms with Crippen molar-refractivity contribution in [3.63, 3.8) is 0 Å². The largest absolute Gasteiger partial charge is 0.508 e. The molecule has 1 aliphatic rings. The average Bonchev–Trinajstić information content (AvgIpc) is 2.46. The van der Waals surface area contributed by atoms with E-state index in [-0.39, 0.29) is 17.7 Å². The van der Waals surface area contributed by atoms with E-state index in [9.17, 15) is 9.90 Å². The zero-order chi connectivity index (χ0) is 14.5. The van der Waals surface area contributed by atoms with Crippen LogP contribution in [0, 0.1) is 5.92 Å². The van der Waals surface area contributed by atoms with E-state index < -0.39 is 0 Å². The Morgan fingerprint density at radius 2 is 1.85 bits per heavy atom. The molecule has 1 atom stereocenters. The van der Waals surface area contributed by atoms with Gasteiger partial charge in [-0.15, -0.1) is 0 Å². The minimum atomic E-state index is -0.244. The lowest BCUT2D eigenvalue weighted by Gasteiger charge is -2.30. The zero-order valence-electron chi connectivity index (χ0n) is 11.3. The summed E-state index contributed by atoms with van der Waals surface area (Å²) in [6.45, 7) is 0. The molecule has 0 aromatic heterocycles. The molecule has 0 heterocycles. The second-order valence-corrected chi connectivity index (χ2v) is 5.77. The lowest BCUT2D eigenvalue weighted by Crippen LogP contribution is -2.48. The summed E-state index contributed by atoms with van der Waals surface area (Å²) < 4.78 is 0. The van der Waals surface area contributed by atoms with Crippen molar-refractivity contribution in [3.8, 4) is 5.75 Å². The molecule has 0 radical (unpaired) electrons. The molecular weight excluding hydrogens is 272 g/mol. The van der Waals surface area contributed by atoms with Gasteiger partial charge < -0.3 is 16.2 Å². The van der Waals surface area contributed by atoms with E-state index in [0.29, 0.717) is 16.5 Å². The van der Waals surface area contributed by atoms with Crippen LogP contribution in [0.15, 0.2) is 24.3 Å². The molecule has 1 fully saturated rings. The molecule has 0 spiro atoms. The van der Waals surface area contributed by atoms with E-state index in [1.807, 2.05) is 0 Å². The Balaban J connectivity index is 2.05. The Labute approximate surface area is 124 Å². The number of amides is 1. The Morgan fingerprint density at radius 1 is 1.25 bits per heavy atom. The predicted octanol–water partition coefficient (Wildman–Crippen LogP) is 2.36. The summed E-state index contributed by atoms with van der Waals surface area (Å²) in [5.74, 6) is 0.274. The molecule has 20 heavy (non-hydrogen) atoms. The number of carbonyl (C=O) groups excluding carboxylic acids is 1. The number of thiocarbonyl (C=S) groups is 1. The van der Waals surface area contributed by atoms with Gasteiger partial charge in [0.05, 0.1) is 11.0 Å². The molecule has 4 N–H and O–H groups in total. The van der Waals surface area contributed by atoms with Crippen LogP contribution in [0.5, 0.6) is 5.75 Å². The summed E-state index contributed by atoms with van der Waals surface area (Å²) in [4.78, 5) is 12.6. The molecule has 0 bridgehead atoms. The average molecular weight is 292 g/mol. The van der Waals surface area contributed by atoms with Gasteiger partial charge in [-0.2, -0.15) is 0 Å². The Bertz CT molecular complexity index is 481. The number of benzene rings is 1. The SMILES string of the molecule is NC(=S)C(NC(=O)c1ccc(O)cc1)C1CCCCC1. The van der Waals surface area contributed by atoms with Crippen molar-refractivity contribution >= 4 is 23.1 Å². The summed E-state index contributed by atoms with van der Waals surface area (Å²) in [6.07, 6.45) is 5.68. The molecule has 5 heteroatoms. The van der Waals surface area contributed by atoms with Gasteiger partial charge in [-0.3, -0.25) is 4.79 Å². The van der Waals surface area contributed by atoms with Crippen LogP contribution in [-0.2, 0) is 0 Å². The van der Waals surface area contributed by atoms with Crippen LogP contribution in [0.4, 0.5) is 0 Å². The fraction of sp³-hybridized carbons (Fsp3) is 0.467. The van der Waals surface area contributed by atoms with Crippen molar-refractivity contribution in [1.82, 2.24) is 5.32 Å². The monoisotopic (exact) mass is 292 g/mol. The van der Waals surface area contributed by atoms with Crippen molar-refractivity contribution in [2.75, 3.05) is 0 Å². The highest BCUT2D eigenvalue weighted by Crippen LogP contribution is 2.27. The van der Waals surface area contributed by atoms with Crippen LogP contribution < -0.4 is 11.1 Å². The highest BCUT2D eigenvalue weighted by atomic mass is 32.1. The van der Waals surface area contributed by atoms with Crippen molar-refractivity contribution in [1.29, 1.82) is 0 Å². The first-order valence-electron chi connectivity index (χ1n) is 6.97. The first-order chi connectivity index (χ1) is 9.58. The Hall–Kier alpha value is -1.62. The molecule has 1 amide bonds. The number of nitrogens with two attached hydrogens (primary N) is 1. The molecule has 108 valence electrons. The summed E-state index contributed by atoms with van der Waals surface area (Å²) >= 11 is 5.11. The Kier molecular flexibility index (Phi) is 4.95. The minimum absolute atomic E-state index is 0.139. The third-order valence-electron chi connectivity index (χ3n) is 3.84. The molecule has 2 rings (SSSR count). The van der Waals surface area contributed by atoms with E-state index in [2.05, 4.69) is 5.32 Å². The second kappa shape index (κ2) is 6.70. The predicted molar refractivity (Wildman–Crippen MR) is 82.7 cm³/mol. The number of nitrogens with one attached hydrogen (secondary N) is 1. The zero-order valence-corrected chi connectivity index (χ0v) is 12.2. The number of hydrogen-bond donors (Lipinski definition) is 3. The summed E-state index contributed by atoms with van der Waals surface area (Å²) in [6, 6.07) is 5.91. The van der Waals surface area contributed by atoms with Crippen molar-refractivity contribution in [3.05, 3.63) is 29.8 Å². The third kappa shape index (κ3) is 3.70. The lowest BCUT2D eigenvalue weighted by atomic mass is 9.83. The molecule has 4 nitrogen and oxygen atoms in total. The van der Waals surface area contributed by atoms with E-state index in [4.69, 9.17) is 18.0 Å². The minimum Gasteiger partial charge on any atom is -0.508 e. The van der Waals surface area contributed by atoms with E-state index >= 15 is 0 Å². The van der Waals surface area contributed by atoms with Crippen LogP contribution in [-0.4, -0.2) is 22.0 Å². The fourth-order valence-electron chi connectivity index (χ4n) is 2.73. The van der Waals surface area contributed by atoms with E-state index in [1.165, 1.54) is 31.4 Å². The quantitative estimate of drug-likeness (QED) is 0.745. The van der Waals surface area contributed by atoms with Crippen molar-refractivity contribution in [2.45, 2.75) is 38.1 Å².